The van der Waals surface area contributed by atoms with Crippen molar-refractivity contribution in [2.75, 3.05) is 5.73 Å². The van der Waals surface area contributed by atoms with Crippen LogP contribution in [0.4, 0.5) is 5.82 Å². The Balaban J connectivity index is 2.37. The first-order valence-corrected chi connectivity index (χ1v) is 7.95. The first-order valence-electron chi connectivity index (χ1n) is 7.07. The van der Waals surface area contributed by atoms with E-state index in [-0.39, 0.29) is 5.82 Å². The highest BCUT2D eigenvalue weighted by atomic mass is 32.1. The van der Waals surface area contributed by atoms with Crippen LogP contribution in [0.15, 0.2) is 17.0 Å². The van der Waals surface area contributed by atoms with Gasteiger partial charge in [0.15, 0.2) is 0 Å². The lowest BCUT2D eigenvalue weighted by Crippen LogP contribution is -2.03. The highest BCUT2D eigenvalue weighted by molar-refractivity contribution is 7.11. The molecule has 0 spiro atoms. The van der Waals surface area contributed by atoms with Crippen LogP contribution in [0.25, 0.3) is 17.2 Å². The monoisotopic (exact) mass is 318 g/mol. The molecule has 0 fully saturated rings. The number of nitrogens with zero attached hydrogens (tertiary/aromatic N) is 3. The zero-order valence-corrected chi connectivity index (χ0v) is 13.9. The van der Waals surface area contributed by atoms with Crippen LogP contribution >= 0.6 is 11.3 Å². The third kappa shape index (κ3) is 2.14. The highest BCUT2D eigenvalue weighted by Crippen LogP contribution is 2.44. The zero-order chi connectivity index (χ0) is 16.7. The van der Waals surface area contributed by atoms with E-state index in [0.717, 1.165) is 27.2 Å². The van der Waals surface area contributed by atoms with Crippen LogP contribution in [0.1, 0.15) is 39.7 Å². The summed E-state index contributed by atoms with van der Waals surface area (Å²) in [5.74, 6) is 0.179. The molecular weight excluding hydrogens is 304 g/mol. The van der Waals surface area contributed by atoms with E-state index < -0.39 is 0 Å². The lowest BCUT2D eigenvalue weighted by molar-refractivity contribution is 1.22. The van der Waals surface area contributed by atoms with Gasteiger partial charge in [-0.25, -0.2) is 4.98 Å². The zero-order valence-electron chi connectivity index (χ0n) is 13.1. The Morgan fingerprint density at radius 2 is 1.96 bits per heavy atom. The second kappa shape index (κ2) is 5.39. The van der Waals surface area contributed by atoms with E-state index in [2.05, 4.69) is 36.2 Å². The van der Waals surface area contributed by atoms with Crippen molar-refractivity contribution in [1.82, 2.24) is 4.98 Å². The summed E-state index contributed by atoms with van der Waals surface area (Å²) < 4.78 is 0. The Morgan fingerprint density at radius 3 is 2.52 bits per heavy atom. The predicted octanol–water partition coefficient (Wildman–Crippen LogP) is 4.07. The number of aryl methyl sites for hydroxylation is 1. The van der Waals surface area contributed by atoms with Crippen molar-refractivity contribution in [2.24, 2.45) is 0 Å². The Labute approximate surface area is 138 Å². The van der Waals surface area contributed by atoms with Crippen molar-refractivity contribution in [2.45, 2.75) is 20.8 Å². The lowest BCUT2D eigenvalue weighted by atomic mass is 9.96. The fraction of sp³-hybridized carbons (Fsp3) is 0.167. The molecule has 0 saturated heterocycles. The summed E-state index contributed by atoms with van der Waals surface area (Å²) in [6.45, 7) is 5.83. The molecule has 0 saturated carbocycles. The van der Waals surface area contributed by atoms with Crippen molar-refractivity contribution in [1.29, 1.82) is 10.5 Å². The fourth-order valence-electron chi connectivity index (χ4n) is 2.86. The van der Waals surface area contributed by atoms with Crippen LogP contribution in [-0.4, -0.2) is 4.98 Å². The molecule has 0 aromatic carbocycles. The van der Waals surface area contributed by atoms with Crippen molar-refractivity contribution in [3.05, 3.63) is 49.8 Å². The summed E-state index contributed by atoms with van der Waals surface area (Å²) in [5, 5.41) is 20.9. The average molecular weight is 318 g/mol. The minimum Gasteiger partial charge on any atom is -0.383 e. The number of hydrogen-bond acceptors (Lipinski definition) is 5. The summed E-state index contributed by atoms with van der Waals surface area (Å²) in [4.78, 5) is 5.47. The van der Waals surface area contributed by atoms with Crippen molar-refractivity contribution in [3.63, 3.8) is 0 Å². The molecule has 0 aliphatic heterocycles. The molecule has 2 aromatic heterocycles. The van der Waals surface area contributed by atoms with E-state index in [4.69, 9.17) is 5.73 Å². The van der Waals surface area contributed by atoms with Gasteiger partial charge in [-0.3, -0.25) is 0 Å². The maximum Gasteiger partial charge on any atom is 0.142 e. The molecule has 4 nitrogen and oxygen atoms in total. The number of hydrogen-bond donors (Lipinski definition) is 1. The third-order valence-corrected chi connectivity index (χ3v) is 5.13. The third-order valence-electron chi connectivity index (χ3n) is 4.16. The number of nitrogens with two attached hydrogens (primary N) is 1. The van der Waals surface area contributed by atoms with Gasteiger partial charge in [0.1, 0.15) is 18.0 Å². The normalized spacial score (nSPS) is 14.7. The van der Waals surface area contributed by atoms with Crippen LogP contribution in [0.3, 0.4) is 0 Å². The van der Waals surface area contributed by atoms with Gasteiger partial charge in [0.2, 0.25) is 0 Å². The Morgan fingerprint density at radius 1 is 1.22 bits per heavy atom. The van der Waals surface area contributed by atoms with Gasteiger partial charge in [-0.1, -0.05) is 0 Å². The van der Waals surface area contributed by atoms with E-state index in [1.54, 1.807) is 11.3 Å². The standard InChI is InChI=1S/C18H14N4S/c1-9-4-5-23-15(9)6-12-10(2)13(7-19)17-16(12)11(3)14(8-20)18(21)22-17/h4-6H,1-3H3,(H2,21,22)/b12-6-. The summed E-state index contributed by atoms with van der Waals surface area (Å²) in [5.41, 5.74) is 12.0. The fourth-order valence-corrected chi connectivity index (χ4v) is 3.72. The quantitative estimate of drug-likeness (QED) is 0.858. The molecule has 2 N–H and O–H groups in total. The van der Waals surface area contributed by atoms with Gasteiger partial charge in [-0.15, -0.1) is 11.3 Å². The number of thiophene rings is 1. The average Bonchev–Trinajstić information content (AvgIpc) is 3.02. The van der Waals surface area contributed by atoms with Gasteiger partial charge in [0.05, 0.1) is 16.8 Å². The maximum absolute atomic E-state index is 9.51. The Hall–Kier alpha value is -2.89. The molecule has 1 aliphatic carbocycles. The van der Waals surface area contributed by atoms with Crippen LogP contribution in [0.2, 0.25) is 0 Å². The molecule has 2 aromatic rings. The largest absolute Gasteiger partial charge is 0.383 e. The van der Waals surface area contributed by atoms with E-state index in [0.29, 0.717) is 16.8 Å². The Kier molecular flexibility index (Phi) is 3.52. The maximum atomic E-state index is 9.51. The molecule has 3 rings (SSSR count). The number of fused-ring (bicyclic) bond motifs is 1. The number of pyridine rings is 1. The van der Waals surface area contributed by atoms with Gasteiger partial charge in [-0.2, -0.15) is 10.5 Å². The van der Waals surface area contributed by atoms with Crippen LogP contribution in [0.5, 0.6) is 0 Å². The molecule has 0 radical (unpaired) electrons. The van der Waals surface area contributed by atoms with Gasteiger partial charge in [-0.05, 0) is 60.6 Å². The highest BCUT2D eigenvalue weighted by Gasteiger charge is 2.29. The molecular formula is C18H14N4S. The number of nitrogen functional groups attached to an aromatic ring is 1. The van der Waals surface area contributed by atoms with E-state index >= 15 is 0 Å². The smallest absolute Gasteiger partial charge is 0.142 e. The minimum atomic E-state index is 0.179. The van der Waals surface area contributed by atoms with Crippen LogP contribution < -0.4 is 5.73 Å². The number of allylic oxidation sites excluding steroid dienone is 3. The first kappa shape index (κ1) is 15.0. The van der Waals surface area contributed by atoms with E-state index in [1.165, 1.54) is 5.56 Å². The molecule has 0 amide bonds. The molecule has 2 heterocycles. The van der Waals surface area contributed by atoms with Crippen molar-refractivity contribution in [3.8, 4) is 12.1 Å². The molecule has 0 atom stereocenters. The molecule has 0 unspecified atom stereocenters. The van der Waals surface area contributed by atoms with Crippen LogP contribution in [-0.2, 0) is 0 Å². The Bertz CT molecular complexity index is 978. The first-order chi connectivity index (χ1) is 11.0. The van der Waals surface area contributed by atoms with Gasteiger partial charge >= 0.3 is 0 Å². The summed E-state index contributed by atoms with van der Waals surface area (Å²) in [6, 6.07) is 6.41. The summed E-state index contributed by atoms with van der Waals surface area (Å²) >= 11 is 1.65. The second-order valence-corrected chi connectivity index (χ2v) is 6.42. The van der Waals surface area contributed by atoms with Crippen molar-refractivity contribution >= 4 is 34.4 Å². The van der Waals surface area contributed by atoms with Gasteiger partial charge < -0.3 is 5.73 Å². The number of nitriles is 2. The lowest BCUT2D eigenvalue weighted by Gasteiger charge is -2.10. The van der Waals surface area contributed by atoms with E-state index in [1.807, 2.05) is 19.2 Å². The molecule has 0 bridgehead atoms. The van der Waals surface area contributed by atoms with Crippen molar-refractivity contribution < 1.29 is 0 Å². The molecule has 23 heavy (non-hydrogen) atoms. The topological polar surface area (TPSA) is 86.5 Å². The van der Waals surface area contributed by atoms with E-state index in [9.17, 15) is 10.5 Å². The molecule has 112 valence electrons. The molecule has 1 aliphatic rings. The van der Waals surface area contributed by atoms with Crippen LogP contribution in [0, 0.1) is 36.5 Å². The predicted molar refractivity (Wildman–Crippen MR) is 93.2 cm³/mol. The second-order valence-electron chi connectivity index (χ2n) is 5.47. The van der Waals surface area contributed by atoms with Gasteiger partial charge in [0.25, 0.3) is 0 Å². The number of aromatic nitrogens is 1. The summed E-state index contributed by atoms with van der Waals surface area (Å²) in [6.07, 6.45) is 2.07. The SMILES string of the molecule is CC1=C(C#N)c2nc(N)c(C#N)c(C)c2/C1=C\c1sccc1C. The van der Waals surface area contributed by atoms with Gasteiger partial charge in [0, 0.05) is 10.4 Å². The number of rotatable bonds is 1. The minimum absolute atomic E-state index is 0.179. The summed E-state index contributed by atoms with van der Waals surface area (Å²) in [7, 11) is 0. The number of anilines is 1. The molecule has 5 heteroatoms.